The van der Waals surface area contributed by atoms with Crippen molar-refractivity contribution >= 4 is 12.4 Å². The van der Waals surface area contributed by atoms with Crippen LogP contribution in [0.2, 0.25) is 0 Å². The van der Waals surface area contributed by atoms with E-state index in [0.717, 1.165) is 12.8 Å². The molecule has 0 spiro atoms. The van der Waals surface area contributed by atoms with Crippen LogP contribution in [0.5, 0.6) is 0 Å². The molecule has 0 aliphatic heterocycles. The summed E-state index contributed by atoms with van der Waals surface area (Å²) in [6.45, 7) is 8.68. The zero-order chi connectivity index (χ0) is 9.40. The second-order valence-corrected chi connectivity index (χ2v) is 3.86. The molecule has 0 aliphatic rings. The van der Waals surface area contributed by atoms with Gasteiger partial charge in [0.2, 0.25) is 0 Å². The molecule has 0 saturated carbocycles. The lowest BCUT2D eigenvalue weighted by molar-refractivity contribution is 0.686. The van der Waals surface area contributed by atoms with Gasteiger partial charge in [-0.05, 0) is 24.7 Å². The van der Waals surface area contributed by atoms with Gasteiger partial charge in [0.1, 0.15) is 0 Å². The highest BCUT2D eigenvalue weighted by atomic mass is 15.2. The van der Waals surface area contributed by atoms with Crippen molar-refractivity contribution in [2.24, 2.45) is 22.0 Å². The Balaban J connectivity index is 3.39. The molecule has 70 valence electrons. The first kappa shape index (κ1) is 11.3. The number of rotatable bonds is 5. The Kier molecular flexibility index (Phi) is 6.63. The molecule has 0 radical (unpaired) electrons. The second-order valence-electron chi connectivity index (χ2n) is 3.86. The fraction of sp³-hybridized carbons (Fsp3) is 0.800. The summed E-state index contributed by atoms with van der Waals surface area (Å²) in [4.78, 5) is 0. The van der Waals surface area contributed by atoms with Gasteiger partial charge in [0.15, 0.2) is 0 Å². The van der Waals surface area contributed by atoms with Crippen molar-refractivity contribution in [3.63, 3.8) is 0 Å². The maximum Gasteiger partial charge on any atom is 0.0272 e. The van der Waals surface area contributed by atoms with Crippen LogP contribution in [0, 0.1) is 11.8 Å². The van der Waals surface area contributed by atoms with Gasteiger partial charge in [0.25, 0.3) is 0 Å². The molecule has 0 heterocycles. The van der Waals surface area contributed by atoms with E-state index in [1.807, 2.05) is 12.4 Å². The maximum atomic E-state index is 3.93. The van der Waals surface area contributed by atoms with Crippen LogP contribution in [-0.2, 0) is 0 Å². The molecule has 0 aromatic rings. The molecule has 0 fully saturated rings. The quantitative estimate of drug-likeness (QED) is 0.445. The van der Waals surface area contributed by atoms with E-state index in [2.05, 4.69) is 37.9 Å². The van der Waals surface area contributed by atoms with Gasteiger partial charge >= 0.3 is 0 Å². The van der Waals surface area contributed by atoms with Crippen molar-refractivity contribution in [2.75, 3.05) is 0 Å². The molecule has 0 aromatic carbocycles. The normalized spacial score (nSPS) is 12.8. The first-order valence-corrected chi connectivity index (χ1v) is 4.66. The highest BCUT2D eigenvalue weighted by Gasteiger charge is 1.88. The lowest BCUT2D eigenvalue weighted by Crippen LogP contribution is -1.87. The number of hydrogen-bond acceptors (Lipinski definition) is 2. The van der Waals surface area contributed by atoms with E-state index in [1.54, 1.807) is 0 Å². The van der Waals surface area contributed by atoms with Gasteiger partial charge in [-0.15, -0.1) is 0 Å². The third-order valence-corrected chi connectivity index (χ3v) is 1.38. The van der Waals surface area contributed by atoms with Crippen molar-refractivity contribution in [1.29, 1.82) is 0 Å². The van der Waals surface area contributed by atoms with E-state index in [1.165, 1.54) is 0 Å². The van der Waals surface area contributed by atoms with Gasteiger partial charge in [0.05, 0.1) is 0 Å². The van der Waals surface area contributed by atoms with E-state index in [-0.39, 0.29) is 0 Å². The molecule has 0 N–H and O–H groups in total. The van der Waals surface area contributed by atoms with Gasteiger partial charge in [-0.1, -0.05) is 27.7 Å². The molecule has 2 nitrogen and oxygen atoms in total. The third-order valence-electron chi connectivity index (χ3n) is 1.38. The van der Waals surface area contributed by atoms with E-state index < -0.39 is 0 Å². The second kappa shape index (κ2) is 7.01. The summed E-state index contributed by atoms with van der Waals surface area (Å²) >= 11 is 0. The predicted molar refractivity (Wildman–Crippen MR) is 55.9 cm³/mol. The summed E-state index contributed by atoms with van der Waals surface area (Å²) in [6.07, 6.45) is 5.78. The van der Waals surface area contributed by atoms with Crippen molar-refractivity contribution in [3.05, 3.63) is 0 Å². The molecule has 0 amide bonds. The van der Waals surface area contributed by atoms with Crippen molar-refractivity contribution in [2.45, 2.75) is 40.5 Å². The highest BCUT2D eigenvalue weighted by Crippen LogP contribution is 1.96. The zero-order valence-electron chi connectivity index (χ0n) is 8.62. The highest BCUT2D eigenvalue weighted by molar-refractivity contribution is 5.61. The van der Waals surface area contributed by atoms with Gasteiger partial charge in [0, 0.05) is 12.4 Å². The smallest absolute Gasteiger partial charge is 0.0272 e. The van der Waals surface area contributed by atoms with E-state index in [0.29, 0.717) is 11.8 Å². The molecule has 0 rings (SSSR count). The van der Waals surface area contributed by atoms with E-state index >= 15 is 0 Å². The van der Waals surface area contributed by atoms with Crippen molar-refractivity contribution in [1.82, 2.24) is 0 Å². The molecular weight excluding hydrogens is 148 g/mol. The third kappa shape index (κ3) is 9.34. The summed E-state index contributed by atoms with van der Waals surface area (Å²) in [5.74, 6) is 1.35. The van der Waals surface area contributed by atoms with Gasteiger partial charge in [-0.25, -0.2) is 0 Å². The Bertz CT molecular complexity index is 128. The van der Waals surface area contributed by atoms with Gasteiger partial charge in [-0.2, -0.15) is 10.2 Å². The van der Waals surface area contributed by atoms with Crippen LogP contribution in [0.4, 0.5) is 0 Å². The summed E-state index contributed by atoms with van der Waals surface area (Å²) < 4.78 is 0. The average Bonchev–Trinajstić information content (AvgIpc) is 1.95. The van der Waals surface area contributed by atoms with Crippen LogP contribution in [0.15, 0.2) is 10.2 Å². The van der Waals surface area contributed by atoms with Crippen LogP contribution >= 0.6 is 0 Å². The fourth-order valence-electron chi connectivity index (χ4n) is 0.610. The van der Waals surface area contributed by atoms with Crippen molar-refractivity contribution < 1.29 is 0 Å². The fourth-order valence-corrected chi connectivity index (χ4v) is 0.610. The van der Waals surface area contributed by atoms with Crippen LogP contribution in [0.25, 0.3) is 0 Å². The molecule has 0 aliphatic carbocycles. The van der Waals surface area contributed by atoms with Crippen LogP contribution in [0.3, 0.4) is 0 Å². The van der Waals surface area contributed by atoms with Gasteiger partial charge < -0.3 is 0 Å². The molecule has 0 bridgehead atoms. The molecule has 0 unspecified atom stereocenters. The standard InChI is InChI=1S/C10H20N2/c1-9(2)5-7-11-12-8-6-10(3)4/h7-10H,5-6H2,1-4H3. The Morgan fingerprint density at radius 1 is 0.833 bits per heavy atom. The molecule has 2 heteroatoms. The first-order chi connectivity index (χ1) is 5.63. The summed E-state index contributed by atoms with van der Waals surface area (Å²) in [5.41, 5.74) is 0. The van der Waals surface area contributed by atoms with Crippen LogP contribution < -0.4 is 0 Å². The minimum Gasteiger partial charge on any atom is -0.164 e. The summed E-state index contributed by atoms with van der Waals surface area (Å²) in [5, 5.41) is 7.86. The monoisotopic (exact) mass is 168 g/mol. The molecule has 12 heavy (non-hydrogen) atoms. The minimum atomic E-state index is 0.675. The van der Waals surface area contributed by atoms with Gasteiger partial charge in [-0.3, -0.25) is 0 Å². The van der Waals surface area contributed by atoms with E-state index in [9.17, 15) is 0 Å². The Hall–Kier alpha value is -0.660. The molecule has 0 saturated heterocycles. The largest absolute Gasteiger partial charge is 0.164 e. The summed E-state index contributed by atoms with van der Waals surface area (Å²) in [7, 11) is 0. The minimum absolute atomic E-state index is 0.675. The topological polar surface area (TPSA) is 24.7 Å². The zero-order valence-corrected chi connectivity index (χ0v) is 8.62. The number of nitrogens with zero attached hydrogens (tertiary/aromatic N) is 2. The van der Waals surface area contributed by atoms with Crippen LogP contribution in [-0.4, -0.2) is 12.4 Å². The first-order valence-electron chi connectivity index (χ1n) is 4.66. The Morgan fingerprint density at radius 3 is 1.42 bits per heavy atom. The lowest BCUT2D eigenvalue weighted by atomic mass is 10.1. The van der Waals surface area contributed by atoms with Crippen LogP contribution in [0.1, 0.15) is 40.5 Å². The predicted octanol–water partition coefficient (Wildman–Crippen LogP) is 3.14. The van der Waals surface area contributed by atoms with Crippen molar-refractivity contribution in [3.8, 4) is 0 Å². The average molecular weight is 168 g/mol. The van der Waals surface area contributed by atoms with E-state index in [4.69, 9.17) is 0 Å². The maximum absolute atomic E-state index is 3.93. The molecule has 0 atom stereocenters. The Labute approximate surface area is 75.8 Å². The Morgan fingerprint density at radius 2 is 1.17 bits per heavy atom. The molecule has 0 aromatic heterocycles. The SMILES string of the molecule is CC(C)CC=NN=CCC(C)C. The summed E-state index contributed by atoms with van der Waals surface area (Å²) in [6, 6.07) is 0. The lowest BCUT2D eigenvalue weighted by Gasteiger charge is -1.95. The number of hydrogen-bond donors (Lipinski definition) is 0. The molecular formula is C10H20N2.